The van der Waals surface area contributed by atoms with E-state index in [-0.39, 0.29) is 5.41 Å². The van der Waals surface area contributed by atoms with Crippen molar-refractivity contribution in [2.24, 2.45) is 11.1 Å². The van der Waals surface area contributed by atoms with E-state index in [9.17, 15) is 9.18 Å². The molecule has 0 bridgehead atoms. The molecule has 1 aliphatic rings. The molecule has 0 aromatic rings. The van der Waals surface area contributed by atoms with Crippen molar-refractivity contribution in [3.8, 4) is 0 Å². The van der Waals surface area contributed by atoms with Gasteiger partial charge in [-0.2, -0.15) is 0 Å². The molecule has 0 radical (unpaired) electrons. The molecule has 2 N–H and O–H groups in total. The smallest absolute Gasteiger partial charge is 0.205 e. The minimum atomic E-state index is -2.05. The number of allylic oxidation sites excluding steroid dienone is 2. The second-order valence-corrected chi connectivity index (χ2v) is 5.05. The summed E-state index contributed by atoms with van der Waals surface area (Å²) < 4.78 is 14.4. The second-order valence-electron chi connectivity index (χ2n) is 5.05. The number of carbonyl (C=O) groups is 1. The van der Waals surface area contributed by atoms with E-state index in [2.05, 4.69) is 0 Å². The van der Waals surface area contributed by atoms with Gasteiger partial charge in [-0.25, -0.2) is 4.39 Å². The largest absolute Gasteiger partial charge is 0.321 e. The number of hydrogen-bond acceptors (Lipinski definition) is 2. The predicted molar refractivity (Wildman–Crippen MR) is 63.8 cm³/mol. The molecule has 0 amide bonds. The van der Waals surface area contributed by atoms with Crippen molar-refractivity contribution in [2.45, 2.75) is 45.8 Å². The zero-order chi connectivity index (χ0) is 12.6. The van der Waals surface area contributed by atoms with Crippen molar-refractivity contribution < 1.29 is 9.18 Å². The molecular formula is C13H20FNO. The fraction of sp³-hybridized carbons (Fsp3) is 0.615. The SMILES string of the molecule is CCC(C)(C)C1=CC(F)(C(C)=O)C(N)C=C1. The molecule has 0 heterocycles. The summed E-state index contributed by atoms with van der Waals surface area (Å²) in [5, 5.41) is 0. The van der Waals surface area contributed by atoms with Gasteiger partial charge in [-0.15, -0.1) is 0 Å². The van der Waals surface area contributed by atoms with E-state index in [1.165, 1.54) is 13.0 Å². The number of Topliss-reactive ketones (excluding diaryl/α,β-unsaturated/α-hetero) is 1. The topological polar surface area (TPSA) is 43.1 Å². The average molecular weight is 225 g/mol. The Morgan fingerprint density at radius 3 is 2.62 bits per heavy atom. The van der Waals surface area contributed by atoms with Crippen molar-refractivity contribution in [1.82, 2.24) is 0 Å². The maximum atomic E-state index is 14.4. The van der Waals surface area contributed by atoms with E-state index in [0.29, 0.717) is 0 Å². The maximum Gasteiger partial charge on any atom is 0.205 e. The predicted octanol–water partition coefficient (Wildman–Crippen LogP) is 2.54. The molecule has 0 saturated heterocycles. The van der Waals surface area contributed by atoms with Gasteiger partial charge in [0.1, 0.15) is 0 Å². The number of ketones is 1. The number of nitrogens with two attached hydrogens (primary N) is 1. The van der Waals surface area contributed by atoms with Crippen molar-refractivity contribution in [2.75, 3.05) is 0 Å². The van der Waals surface area contributed by atoms with Crippen molar-refractivity contribution in [1.29, 1.82) is 0 Å². The third-order valence-electron chi connectivity index (χ3n) is 3.54. The lowest BCUT2D eigenvalue weighted by Gasteiger charge is -2.33. The van der Waals surface area contributed by atoms with Gasteiger partial charge >= 0.3 is 0 Å². The number of alkyl halides is 1. The van der Waals surface area contributed by atoms with E-state index in [0.717, 1.165) is 12.0 Å². The summed E-state index contributed by atoms with van der Waals surface area (Å²) in [5.41, 5.74) is 4.30. The van der Waals surface area contributed by atoms with Crippen molar-refractivity contribution in [3.05, 3.63) is 23.8 Å². The molecule has 0 saturated carbocycles. The monoisotopic (exact) mass is 225 g/mol. The number of hydrogen-bond donors (Lipinski definition) is 1. The van der Waals surface area contributed by atoms with Crippen LogP contribution < -0.4 is 5.73 Å². The van der Waals surface area contributed by atoms with Crippen LogP contribution in [0.25, 0.3) is 0 Å². The number of halogens is 1. The van der Waals surface area contributed by atoms with Gasteiger partial charge in [0.15, 0.2) is 5.78 Å². The van der Waals surface area contributed by atoms with Gasteiger partial charge in [0.2, 0.25) is 5.67 Å². The summed E-state index contributed by atoms with van der Waals surface area (Å²) >= 11 is 0. The van der Waals surface area contributed by atoms with Crippen LogP contribution in [-0.2, 0) is 4.79 Å². The number of rotatable bonds is 3. The van der Waals surface area contributed by atoms with Gasteiger partial charge in [0.05, 0.1) is 6.04 Å². The maximum absolute atomic E-state index is 14.4. The highest BCUT2D eigenvalue weighted by molar-refractivity contribution is 5.89. The Balaban J connectivity index is 3.17. The lowest BCUT2D eigenvalue weighted by Crippen LogP contribution is -2.49. The fourth-order valence-electron chi connectivity index (χ4n) is 1.68. The first kappa shape index (κ1) is 13.1. The summed E-state index contributed by atoms with van der Waals surface area (Å²) in [6.07, 6.45) is 5.68. The second kappa shape index (κ2) is 4.13. The van der Waals surface area contributed by atoms with Gasteiger partial charge in [0.25, 0.3) is 0 Å². The molecule has 0 fully saturated rings. The van der Waals surface area contributed by atoms with Crippen LogP contribution in [0.15, 0.2) is 23.8 Å². The third kappa shape index (κ3) is 2.09. The van der Waals surface area contributed by atoms with Gasteiger partial charge in [0, 0.05) is 0 Å². The zero-order valence-electron chi connectivity index (χ0n) is 10.4. The lowest BCUT2D eigenvalue weighted by molar-refractivity contribution is -0.126. The first-order valence-electron chi connectivity index (χ1n) is 5.61. The van der Waals surface area contributed by atoms with Crippen molar-refractivity contribution >= 4 is 5.78 Å². The molecule has 2 atom stereocenters. The highest BCUT2D eigenvalue weighted by Crippen LogP contribution is 2.37. The third-order valence-corrected chi connectivity index (χ3v) is 3.54. The molecule has 0 aromatic heterocycles. The quantitative estimate of drug-likeness (QED) is 0.802. The Hall–Kier alpha value is -0.960. The molecule has 2 unspecified atom stereocenters. The minimum Gasteiger partial charge on any atom is -0.321 e. The molecule has 0 spiro atoms. The molecule has 3 heteroatoms. The van der Waals surface area contributed by atoms with Crippen LogP contribution in [0.3, 0.4) is 0 Å². The van der Waals surface area contributed by atoms with Gasteiger partial charge in [-0.3, -0.25) is 4.79 Å². The van der Waals surface area contributed by atoms with Crippen molar-refractivity contribution in [3.63, 3.8) is 0 Å². The molecular weight excluding hydrogens is 205 g/mol. The molecule has 0 aromatic carbocycles. The Kier molecular flexibility index (Phi) is 3.38. The highest BCUT2D eigenvalue weighted by Gasteiger charge is 2.42. The molecule has 1 rings (SSSR count). The Bertz CT molecular complexity index is 357. The average Bonchev–Trinajstić information content (AvgIpc) is 2.21. The molecule has 2 nitrogen and oxygen atoms in total. The van der Waals surface area contributed by atoms with Crippen LogP contribution in [0.2, 0.25) is 0 Å². The Morgan fingerprint density at radius 2 is 2.19 bits per heavy atom. The Labute approximate surface area is 96.4 Å². The first-order valence-corrected chi connectivity index (χ1v) is 5.61. The highest BCUT2D eigenvalue weighted by atomic mass is 19.1. The summed E-state index contributed by atoms with van der Waals surface area (Å²) in [6.45, 7) is 7.34. The van der Waals surface area contributed by atoms with Crippen LogP contribution >= 0.6 is 0 Å². The van der Waals surface area contributed by atoms with E-state index in [1.807, 2.05) is 26.8 Å². The zero-order valence-corrected chi connectivity index (χ0v) is 10.4. The lowest BCUT2D eigenvalue weighted by atomic mass is 9.75. The van der Waals surface area contributed by atoms with E-state index in [4.69, 9.17) is 5.73 Å². The summed E-state index contributed by atoms with van der Waals surface area (Å²) in [5.74, 6) is -0.534. The van der Waals surface area contributed by atoms with Crippen LogP contribution in [-0.4, -0.2) is 17.5 Å². The summed E-state index contributed by atoms with van der Waals surface area (Å²) in [4.78, 5) is 11.4. The van der Waals surface area contributed by atoms with E-state index in [1.54, 1.807) is 6.08 Å². The van der Waals surface area contributed by atoms with Gasteiger partial charge in [-0.05, 0) is 30.4 Å². The van der Waals surface area contributed by atoms with E-state index < -0.39 is 17.5 Å². The Morgan fingerprint density at radius 1 is 1.62 bits per heavy atom. The summed E-state index contributed by atoms with van der Waals surface area (Å²) in [7, 11) is 0. The minimum absolute atomic E-state index is 0.135. The number of carbonyl (C=O) groups excluding carboxylic acids is 1. The molecule has 1 aliphatic carbocycles. The first-order chi connectivity index (χ1) is 7.24. The van der Waals surface area contributed by atoms with Gasteiger partial charge in [-0.1, -0.05) is 32.9 Å². The van der Waals surface area contributed by atoms with Crippen LogP contribution in [0.4, 0.5) is 4.39 Å². The molecule has 0 aliphatic heterocycles. The van der Waals surface area contributed by atoms with Gasteiger partial charge < -0.3 is 5.73 Å². The van der Waals surface area contributed by atoms with Crippen LogP contribution in [0.5, 0.6) is 0 Å². The normalized spacial score (nSPS) is 30.1. The molecule has 90 valence electrons. The molecule has 16 heavy (non-hydrogen) atoms. The fourth-order valence-corrected chi connectivity index (χ4v) is 1.68. The standard InChI is InChI=1S/C13H20FNO/c1-5-12(3,4)10-6-7-11(15)13(14,8-10)9(2)16/h6-8,11H,5,15H2,1-4H3. The van der Waals surface area contributed by atoms with Crippen LogP contribution in [0, 0.1) is 5.41 Å². The van der Waals surface area contributed by atoms with Crippen LogP contribution in [0.1, 0.15) is 34.1 Å². The summed E-state index contributed by atoms with van der Waals surface area (Å²) in [6, 6.07) is -0.874. The van der Waals surface area contributed by atoms with E-state index >= 15 is 0 Å².